The van der Waals surface area contributed by atoms with Crippen molar-refractivity contribution in [3.63, 3.8) is 0 Å². The van der Waals surface area contributed by atoms with E-state index in [4.69, 9.17) is 23.2 Å². The zero-order chi connectivity index (χ0) is 26.0. The summed E-state index contributed by atoms with van der Waals surface area (Å²) in [6.45, 7) is 3.36. The quantitative estimate of drug-likeness (QED) is 0.566. The van der Waals surface area contributed by atoms with Crippen LogP contribution in [0.15, 0.2) is 64.7 Å². The Labute approximate surface area is 209 Å². The Morgan fingerprint density at radius 2 is 1.60 bits per heavy atom. The standard InChI is InChI=1S/C23H19Cl2F3N2O4S/c1-21(2)11-17-19(18(31)12-21)22(23(26,27)28,20(32)30(17)15-5-3-4-14(25)10-15)29-35(33,34)16-8-6-13(24)7-9-16/h3-10,29H,11-12H2,1-2H3/t22-/m0/s1. The lowest BCUT2D eigenvalue weighted by Gasteiger charge is -2.35. The van der Waals surface area contributed by atoms with Crippen molar-refractivity contribution < 1.29 is 31.2 Å². The van der Waals surface area contributed by atoms with E-state index in [0.29, 0.717) is 0 Å². The summed E-state index contributed by atoms with van der Waals surface area (Å²) in [5.41, 5.74) is -5.75. The molecule has 1 heterocycles. The summed E-state index contributed by atoms with van der Waals surface area (Å²) >= 11 is 11.8. The van der Waals surface area contributed by atoms with E-state index in [1.54, 1.807) is 18.6 Å². The largest absolute Gasteiger partial charge is 0.421 e. The molecule has 0 saturated heterocycles. The third-order valence-corrected chi connectivity index (χ3v) is 7.88. The average molecular weight is 547 g/mol. The van der Waals surface area contributed by atoms with E-state index < -0.39 is 49.3 Å². The maximum absolute atomic E-state index is 14.9. The number of amides is 1. The third kappa shape index (κ3) is 4.26. The second-order valence-electron chi connectivity index (χ2n) is 9.19. The number of alkyl halides is 3. The molecular weight excluding hydrogens is 528 g/mol. The Morgan fingerprint density at radius 3 is 2.17 bits per heavy atom. The van der Waals surface area contributed by atoms with E-state index >= 15 is 0 Å². The van der Waals surface area contributed by atoms with E-state index in [9.17, 15) is 31.2 Å². The number of allylic oxidation sites excluding steroid dienone is 1. The Hall–Kier alpha value is -2.40. The van der Waals surface area contributed by atoms with Gasteiger partial charge in [0.25, 0.3) is 5.91 Å². The minimum atomic E-state index is -5.49. The summed E-state index contributed by atoms with van der Waals surface area (Å²) in [6.07, 6.45) is -5.87. The van der Waals surface area contributed by atoms with Crippen molar-refractivity contribution in [3.05, 3.63) is 69.8 Å². The number of anilines is 1. The summed E-state index contributed by atoms with van der Waals surface area (Å²) < 4.78 is 72.4. The molecule has 0 saturated carbocycles. The molecule has 2 aromatic rings. The second kappa shape index (κ2) is 8.33. The maximum atomic E-state index is 14.9. The molecule has 12 heteroatoms. The molecule has 2 aliphatic rings. The fourth-order valence-electron chi connectivity index (χ4n) is 4.48. The molecular formula is C23H19Cl2F3N2O4S. The number of Topliss-reactive ketones (excluding diaryl/α,β-unsaturated/α-hetero) is 1. The number of rotatable bonds is 4. The van der Waals surface area contributed by atoms with Gasteiger partial charge >= 0.3 is 6.18 Å². The van der Waals surface area contributed by atoms with Gasteiger partial charge in [0.15, 0.2) is 5.78 Å². The smallest absolute Gasteiger partial charge is 0.294 e. The fourth-order valence-corrected chi connectivity index (χ4v) is 6.11. The van der Waals surface area contributed by atoms with Crippen molar-refractivity contribution >= 4 is 50.6 Å². The lowest BCUT2D eigenvalue weighted by molar-refractivity contribution is -0.184. The van der Waals surface area contributed by atoms with Gasteiger partial charge in [0.05, 0.1) is 16.2 Å². The van der Waals surface area contributed by atoms with E-state index in [1.165, 1.54) is 36.4 Å². The molecule has 0 spiro atoms. The highest BCUT2D eigenvalue weighted by molar-refractivity contribution is 7.89. The van der Waals surface area contributed by atoms with E-state index in [-0.39, 0.29) is 34.3 Å². The van der Waals surface area contributed by atoms with Crippen LogP contribution in [0.25, 0.3) is 0 Å². The van der Waals surface area contributed by atoms with Gasteiger partial charge in [0.2, 0.25) is 15.6 Å². The van der Waals surface area contributed by atoms with E-state index in [1.807, 2.05) is 0 Å². The van der Waals surface area contributed by atoms with Gasteiger partial charge in [-0.1, -0.05) is 43.1 Å². The fraction of sp³-hybridized carbons (Fsp3) is 0.304. The Bertz CT molecular complexity index is 1370. The molecule has 0 fully saturated rings. The normalized spacial score (nSPS) is 22.5. The number of nitrogens with one attached hydrogen (secondary N) is 1. The summed E-state index contributed by atoms with van der Waals surface area (Å²) in [5, 5.41) is 0.304. The van der Waals surface area contributed by atoms with Crippen LogP contribution < -0.4 is 9.62 Å². The van der Waals surface area contributed by atoms with Crippen LogP contribution in [0, 0.1) is 5.41 Å². The summed E-state index contributed by atoms with van der Waals surface area (Å²) in [7, 11) is -4.94. The van der Waals surface area contributed by atoms with Crippen LogP contribution in [0.3, 0.4) is 0 Å². The first-order chi connectivity index (χ1) is 16.1. The minimum absolute atomic E-state index is 0.0164. The Balaban J connectivity index is 1.99. The Morgan fingerprint density at radius 1 is 0.971 bits per heavy atom. The molecule has 1 N–H and O–H groups in total. The SMILES string of the molecule is CC1(C)CC(=O)C2=C(C1)N(c1cccc(Cl)c1)C(=O)[C@]2(NS(=O)(=O)c1ccc(Cl)cc1)C(F)(F)F. The average Bonchev–Trinajstić information content (AvgIpc) is 2.95. The highest BCUT2D eigenvalue weighted by Crippen LogP contribution is 2.53. The van der Waals surface area contributed by atoms with Gasteiger partial charge in [0, 0.05) is 22.2 Å². The summed E-state index contributed by atoms with van der Waals surface area (Å²) in [4.78, 5) is 27.1. The van der Waals surface area contributed by atoms with Crippen LogP contribution in [0.1, 0.15) is 26.7 Å². The van der Waals surface area contributed by atoms with E-state index in [2.05, 4.69) is 0 Å². The predicted molar refractivity (Wildman–Crippen MR) is 125 cm³/mol. The molecule has 0 radical (unpaired) electrons. The molecule has 4 rings (SSSR count). The zero-order valence-electron chi connectivity index (χ0n) is 18.4. The molecule has 6 nitrogen and oxygen atoms in total. The number of sulfonamides is 1. The molecule has 1 amide bonds. The van der Waals surface area contributed by atoms with Crippen molar-refractivity contribution in [2.24, 2.45) is 5.41 Å². The van der Waals surface area contributed by atoms with Gasteiger partial charge in [-0.2, -0.15) is 17.9 Å². The Kier molecular flexibility index (Phi) is 6.11. The van der Waals surface area contributed by atoms with Crippen LogP contribution in [0.4, 0.5) is 18.9 Å². The molecule has 0 bridgehead atoms. The van der Waals surface area contributed by atoms with Crippen molar-refractivity contribution in [1.82, 2.24) is 4.72 Å². The van der Waals surface area contributed by atoms with Crippen molar-refractivity contribution in [3.8, 4) is 0 Å². The lowest BCUT2D eigenvalue weighted by atomic mass is 9.72. The molecule has 35 heavy (non-hydrogen) atoms. The number of benzene rings is 2. The van der Waals surface area contributed by atoms with Crippen LogP contribution in [-0.4, -0.2) is 31.8 Å². The van der Waals surface area contributed by atoms with Crippen LogP contribution in [-0.2, 0) is 19.6 Å². The molecule has 2 aromatic carbocycles. The zero-order valence-corrected chi connectivity index (χ0v) is 20.7. The minimum Gasteiger partial charge on any atom is -0.294 e. The number of carbonyl (C=O) groups is 2. The first-order valence-electron chi connectivity index (χ1n) is 10.3. The molecule has 0 unspecified atom stereocenters. The van der Waals surface area contributed by atoms with Crippen LogP contribution >= 0.6 is 23.2 Å². The molecule has 1 aliphatic heterocycles. The topological polar surface area (TPSA) is 83.6 Å². The number of nitrogens with zero attached hydrogens (tertiary/aromatic N) is 1. The highest BCUT2D eigenvalue weighted by Gasteiger charge is 2.72. The molecule has 1 atom stereocenters. The first kappa shape index (κ1) is 25.7. The van der Waals surface area contributed by atoms with Gasteiger partial charge in [0.1, 0.15) is 0 Å². The monoisotopic (exact) mass is 546 g/mol. The van der Waals surface area contributed by atoms with Crippen molar-refractivity contribution in [2.45, 2.75) is 43.3 Å². The molecule has 1 aliphatic carbocycles. The van der Waals surface area contributed by atoms with Gasteiger partial charge in [-0.05, 0) is 54.3 Å². The number of hydrogen-bond acceptors (Lipinski definition) is 4. The van der Waals surface area contributed by atoms with Crippen molar-refractivity contribution in [1.29, 1.82) is 0 Å². The predicted octanol–water partition coefficient (Wildman–Crippen LogP) is 5.26. The highest BCUT2D eigenvalue weighted by atomic mass is 35.5. The summed E-state index contributed by atoms with van der Waals surface area (Å²) in [6, 6.07) is 9.92. The lowest BCUT2D eigenvalue weighted by Crippen LogP contribution is -2.66. The molecule has 0 aromatic heterocycles. The number of ketones is 1. The van der Waals surface area contributed by atoms with Gasteiger partial charge in [-0.3, -0.25) is 14.5 Å². The van der Waals surface area contributed by atoms with E-state index in [0.717, 1.165) is 17.0 Å². The number of hydrogen-bond donors (Lipinski definition) is 1. The van der Waals surface area contributed by atoms with Gasteiger partial charge < -0.3 is 0 Å². The molecule has 186 valence electrons. The number of halogens is 5. The second-order valence-corrected chi connectivity index (χ2v) is 11.7. The third-order valence-electron chi connectivity index (χ3n) is 5.92. The first-order valence-corrected chi connectivity index (χ1v) is 12.6. The van der Waals surface area contributed by atoms with Crippen LogP contribution in [0.2, 0.25) is 10.0 Å². The van der Waals surface area contributed by atoms with Gasteiger partial charge in [-0.25, -0.2) is 8.42 Å². The summed E-state index contributed by atoms with van der Waals surface area (Å²) in [5.74, 6) is -2.62. The maximum Gasteiger partial charge on any atom is 0.421 e. The van der Waals surface area contributed by atoms with Crippen molar-refractivity contribution in [2.75, 3.05) is 4.90 Å². The van der Waals surface area contributed by atoms with Crippen LogP contribution in [0.5, 0.6) is 0 Å². The van der Waals surface area contributed by atoms with Gasteiger partial charge in [-0.15, -0.1) is 0 Å². The number of carbonyl (C=O) groups excluding carboxylic acids is 2.